The first-order chi connectivity index (χ1) is 10.5. The van der Waals surface area contributed by atoms with Crippen LogP contribution >= 0.6 is 22.9 Å². The molecule has 1 amide bonds. The van der Waals surface area contributed by atoms with Gasteiger partial charge in [-0.05, 0) is 36.6 Å². The zero-order valence-electron chi connectivity index (χ0n) is 12.2. The van der Waals surface area contributed by atoms with Crippen molar-refractivity contribution in [3.63, 3.8) is 0 Å². The van der Waals surface area contributed by atoms with Crippen LogP contribution in [0.3, 0.4) is 0 Å². The third-order valence-corrected chi connectivity index (χ3v) is 5.35. The summed E-state index contributed by atoms with van der Waals surface area (Å²) in [5.74, 6) is -0.666. The van der Waals surface area contributed by atoms with E-state index in [1.807, 2.05) is 0 Å². The van der Waals surface area contributed by atoms with Gasteiger partial charge in [0.05, 0.1) is 12.2 Å². The highest BCUT2D eigenvalue weighted by Gasteiger charge is 2.29. The number of carbonyl (C=O) groups excluding carboxylic acids is 1. The molecule has 0 saturated heterocycles. The van der Waals surface area contributed by atoms with Crippen molar-refractivity contribution in [3.8, 4) is 0 Å². The molecule has 0 bridgehead atoms. The SMILES string of the molecule is C[C@H]1c2ccsc2CC[NH+]1CC(=O)Nc1cc(Cl)ccc1F. The van der Waals surface area contributed by atoms with Crippen LogP contribution in [0.25, 0.3) is 0 Å². The van der Waals surface area contributed by atoms with Gasteiger partial charge in [0.25, 0.3) is 5.91 Å². The Morgan fingerprint density at radius 3 is 3.14 bits per heavy atom. The zero-order chi connectivity index (χ0) is 15.7. The minimum absolute atomic E-state index is 0.137. The Balaban J connectivity index is 1.66. The second kappa shape index (κ2) is 6.36. The molecule has 1 aromatic heterocycles. The number of quaternary nitrogens is 1. The fourth-order valence-corrected chi connectivity index (χ4v) is 4.04. The molecule has 2 atom stereocenters. The molecule has 2 N–H and O–H groups in total. The minimum Gasteiger partial charge on any atom is -0.321 e. The molecule has 6 heteroatoms. The van der Waals surface area contributed by atoms with Gasteiger partial charge in [0, 0.05) is 21.9 Å². The molecular weight excluding hydrogens is 323 g/mol. The van der Waals surface area contributed by atoms with Crippen molar-refractivity contribution in [1.82, 2.24) is 0 Å². The second-order valence-electron chi connectivity index (χ2n) is 5.53. The van der Waals surface area contributed by atoms with Gasteiger partial charge in [-0.15, -0.1) is 11.3 Å². The molecule has 3 rings (SSSR count). The monoisotopic (exact) mass is 339 g/mol. The number of thiophene rings is 1. The van der Waals surface area contributed by atoms with Crippen LogP contribution in [-0.4, -0.2) is 19.0 Å². The Hall–Kier alpha value is -1.43. The molecule has 22 heavy (non-hydrogen) atoms. The number of amides is 1. The van der Waals surface area contributed by atoms with Crippen LogP contribution in [0.2, 0.25) is 5.02 Å². The molecule has 116 valence electrons. The van der Waals surface area contributed by atoms with Crippen molar-refractivity contribution in [2.75, 3.05) is 18.4 Å². The van der Waals surface area contributed by atoms with E-state index in [4.69, 9.17) is 11.6 Å². The Kier molecular flexibility index (Phi) is 4.47. The molecule has 1 aromatic carbocycles. The number of benzene rings is 1. The quantitative estimate of drug-likeness (QED) is 0.885. The molecule has 2 heterocycles. The van der Waals surface area contributed by atoms with Gasteiger partial charge in [0.15, 0.2) is 6.54 Å². The molecule has 0 fully saturated rings. The van der Waals surface area contributed by atoms with Gasteiger partial charge in [-0.25, -0.2) is 4.39 Å². The molecule has 1 unspecified atom stereocenters. The number of anilines is 1. The molecule has 0 radical (unpaired) electrons. The van der Waals surface area contributed by atoms with E-state index < -0.39 is 5.82 Å². The van der Waals surface area contributed by atoms with E-state index in [0.29, 0.717) is 11.6 Å². The van der Waals surface area contributed by atoms with Gasteiger partial charge in [-0.1, -0.05) is 11.6 Å². The Labute approximate surface area is 137 Å². The van der Waals surface area contributed by atoms with E-state index in [1.165, 1.54) is 33.5 Å². The van der Waals surface area contributed by atoms with E-state index in [2.05, 4.69) is 23.7 Å². The molecular formula is C16H17ClFN2OS+. The van der Waals surface area contributed by atoms with Gasteiger partial charge >= 0.3 is 0 Å². The van der Waals surface area contributed by atoms with Crippen molar-refractivity contribution in [2.45, 2.75) is 19.4 Å². The summed E-state index contributed by atoms with van der Waals surface area (Å²) in [7, 11) is 0. The van der Waals surface area contributed by atoms with Crippen molar-refractivity contribution in [2.24, 2.45) is 0 Å². The Morgan fingerprint density at radius 1 is 1.50 bits per heavy atom. The van der Waals surface area contributed by atoms with Crippen LogP contribution in [-0.2, 0) is 11.2 Å². The number of fused-ring (bicyclic) bond motifs is 1. The lowest BCUT2D eigenvalue weighted by molar-refractivity contribution is -0.923. The summed E-state index contributed by atoms with van der Waals surface area (Å²) in [6.45, 7) is 3.37. The van der Waals surface area contributed by atoms with E-state index >= 15 is 0 Å². The smallest absolute Gasteiger partial charge is 0.279 e. The number of hydrogen-bond acceptors (Lipinski definition) is 2. The van der Waals surface area contributed by atoms with Gasteiger partial charge in [0.1, 0.15) is 11.9 Å². The maximum absolute atomic E-state index is 13.7. The fourth-order valence-electron chi connectivity index (χ4n) is 2.89. The van der Waals surface area contributed by atoms with Crippen LogP contribution in [0, 0.1) is 5.82 Å². The van der Waals surface area contributed by atoms with E-state index in [1.54, 1.807) is 11.3 Å². The average Bonchev–Trinajstić information content (AvgIpc) is 2.95. The van der Waals surface area contributed by atoms with Crippen molar-refractivity contribution in [1.29, 1.82) is 0 Å². The Bertz CT molecular complexity index is 703. The Morgan fingerprint density at radius 2 is 2.32 bits per heavy atom. The summed E-state index contributed by atoms with van der Waals surface area (Å²) in [6.07, 6.45) is 0.992. The van der Waals surface area contributed by atoms with Crippen LogP contribution in [0.1, 0.15) is 23.4 Å². The van der Waals surface area contributed by atoms with Crippen molar-refractivity contribution < 1.29 is 14.1 Å². The number of halogens is 2. The average molecular weight is 340 g/mol. The van der Waals surface area contributed by atoms with Crippen LogP contribution < -0.4 is 10.2 Å². The maximum Gasteiger partial charge on any atom is 0.279 e. The highest BCUT2D eigenvalue weighted by Crippen LogP contribution is 2.24. The first kappa shape index (κ1) is 15.5. The second-order valence-corrected chi connectivity index (χ2v) is 6.97. The number of hydrogen-bond donors (Lipinski definition) is 2. The molecule has 1 aliphatic rings. The first-order valence-electron chi connectivity index (χ1n) is 7.20. The number of carbonyl (C=O) groups is 1. The summed E-state index contributed by atoms with van der Waals surface area (Å²) >= 11 is 7.62. The van der Waals surface area contributed by atoms with E-state index in [9.17, 15) is 9.18 Å². The van der Waals surface area contributed by atoms with E-state index in [-0.39, 0.29) is 17.6 Å². The summed E-state index contributed by atoms with van der Waals surface area (Å²) in [6, 6.07) is 6.57. The number of nitrogens with one attached hydrogen (secondary N) is 2. The van der Waals surface area contributed by atoms with Gasteiger partial charge < -0.3 is 10.2 Å². The van der Waals surface area contributed by atoms with Gasteiger partial charge in [-0.2, -0.15) is 0 Å². The predicted octanol–water partition coefficient (Wildman–Crippen LogP) is 2.68. The fraction of sp³-hybridized carbons (Fsp3) is 0.312. The van der Waals surface area contributed by atoms with Crippen LogP contribution in [0.4, 0.5) is 10.1 Å². The van der Waals surface area contributed by atoms with Gasteiger partial charge in [-0.3, -0.25) is 4.79 Å². The third-order valence-electron chi connectivity index (χ3n) is 4.12. The highest BCUT2D eigenvalue weighted by atomic mass is 35.5. The van der Waals surface area contributed by atoms with Crippen LogP contribution in [0.15, 0.2) is 29.6 Å². The molecule has 0 aliphatic carbocycles. The van der Waals surface area contributed by atoms with Crippen molar-refractivity contribution in [3.05, 3.63) is 50.9 Å². The largest absolute Gasteiger partial charge is 0.321 e. The first-order valence-corrected chi connectivity index (χ1v) is 8.46. The summed E-state index contributed by atoms with van der Waals surface area (Å²) in [4.78, 5) is 14.8. The lowest BCUT2D eigenvalue weighted by Crippen LogP contribution is -3.14. The van der Waals surface area contributed by atoms with Crippen LogP contribution in [0.5, 0.6) is 0 Å². The summed E-state index contributed by atoms with van der Waals surface area (Å²) in [5.41, 5.74) is 1.46. The topological polar surface area (TPSA) is 33.5 Å². The lowest BCUT2D eigenvalue weighted by atomic mass is 10.0. The molecule has 2 aromatic rings. The normalized spacial score (nSPS) is 20.5. The summed E-state index contributed by atoms with van der Waals surface area (Å²) in [5, 5.41) is 5.12. The summed E-state index contributed by atoms with van der Waals surface area (Å²) < 4.78 is 13.7. The number of rotatable bonds is 3. The molecule has 0 spiro atoms. The molecule has 0 saturated carbocycles. The van der Waals surface area contributed by atoms with Gasteiger partial charge in [0.2, 0.25) is 0 Å². The van der Waals surface area contributed by atoms with E-state index in [0.717, 1.165) is 13.0 Å². The molecule has 1 aliphatic heterocycles. The van der Waals surface area contributed by atoms with Crippen molar-refractivity contribution >= 4 is 34.5 Å². The predicted molar refractivity (Wildman–Crippen MR) is 87.2 cm³/mol. The standard InChI is InChI=1S/C16H16ClFN2OS/c1-10-12-5-7-22-15(12)4-6-20(10)9-16(21)19-14-8-11(17)2-3-13(14)18/h2-3,5,7-8,10H,4,6,9H2,1H3,(H,19,21)/p+1/t10-/m0/s1. The third kappa shape index (κ3) is 3.16. The highest BCUT2D eigenvalue weighted by molar-refractivity contribution is 7.10. The minimum atomic E-state index is -0.473. The lowest BCUT2D eigenvalue weighted by Gasteiger charge is -2.29. The zero-order valence-corrected chi connectivity index (χ0v) is 13.7. The molecule has 3 nitrogen and oxygen atoms in total. The maximum atomic E-state index is 13.7.